The van der Waals surface area contributed by atoms with Crippen molar-refractivity contribution in [1.29, 1.82) is 0 Å². The lowest BCUT2D eigenvalue weighted by Gasteiger charge is -2.28. The van der Waals surface area contributed by atoms with Crippen molar-refractivity contribution < 1.29 is 9.13 Å². The number of hydrogen-bond donors (Lipinski definition) is 1. The molecule has 0 radical (unpaired) electrons. The summed E-state index contributed by atoms with van der Waals surface area (Å²) in [6.45, 7) is 7.14. The lowest BCUT2D eigenvalue weighted by Crippen LogP contribution is -2.36. The predicted octanol–water partition coefficient (Wildman–Crippen LogP) is 3.54. The van der Waals surface area contributed by atoms with E-state index < -0.39 is 0 Å². The summed E-state index contributed by atoms with van der Waals surface area (Å²) >= 11 is 0. The Bertz CT molecular complexity index is 671. The van der Waals surface area contributed by atoms with Gasteiger partial charge in [0.05, 0.1) is 30.6 Å². The maximum Gasteiger partial charge on any atom is 0.129 e. The number of halogens is 1. The number of nitrogens with one attached hydrogen (secondary N) is 1. The van der Waals surface area contributed by atoms with Crippen LogP contribution in [0.4, 0.5) is 15.9 Å². The molecule has 2 heterocycles. The van der Waals surface area contributed by atoms with E-state index in [0.717, 1.165) is 43.5 Å². The van der Waals surface area contributed by atoms with Crippen molar-refractivity contribution in [2.45, 2.75) is 19.9 Å². The highest BCUT2D eigenvalue weighted by Gasteiger charge is 2.15. The first kappa shape index (κ1) is 15.7. The molecule has 0 spiro atoms. The van der Waals surface area contributed by atoms with Gasteiger partial charge in [0.2, 0.25) is 0 Å². The number of aromatic nitrogens is 1. The fourth-order valence-corrected chi connectivity index (χ4v) is 2.81. The van der Waals surface area contributed by atoms with E-state index in [0.29, 0.717) is 5.56 Å². The number of rotatable bonds is 4. The molecular formula is C18H22FN3O. The minimum atomic E-state index is -0.192. The number of hydrogen-bond acceptors (Lipinski definition) is 4. The first-order chi connectivity index (χ1) is 11.1. The third kappa shape index (κ3) is 3.62. The minimum Gasteiger partial charge on any atom is -0.378 e. The Morgan fingerprint density at radius 3 is 2.61 bits per heavy atom. The van der Waals surface area contributed by atoms with Crippen LogP contribution in [0.25, 0.3) is 0 Å². The lowest BCUT2D eigenvalue weighted by molar-refractivity contribution is 0.122. The van der Waals surface area contributed by atoms with E-state index in [1.165, 1.54) is 6.07 Å². The molecule has 1 N–H and O–H groups in total. The summed E-state index contributed by atoms with van der Waals surface area (Å²) in [7, 11) is 0. The monoisotopic (exact) mass is 315 g/mol. The molecule has 0 aliphatic carbocycles. The molecule has 2 aromatic rings. The van der Waals surface area contributed by atoms with Gasteiger partial charge in [0.15, 0.2) is 0 Å². The van der Waals surface area contributed by atoms with E-state index in [2.05, 4.69) is 15.2 Å². The number of anilines is 2. The second-order valence-corrected chi connectivity index (χ2v) is 5.79. The van der Waals surface area contributed by atoms with E-state index in [9.17, 15) is 4.39 Å². The zero-order valence-corrected chi connectivity index (χ0v) is 13.6. The SMILES string of the molecule is Cc1nc(N2CCOCC2)ccc1NC(C)c1ccccc1F. The Balaban J connectivity index is 1.74. The smallest absolute Gasteiger partial charge is 0.129 e. The third-order valence-electron chi connectivity index (χ3n) is 4.15. The summed E-state index contributed by atoms with van der Waals surface area (Å²) in [5, 5.41) is 3.35. The van der Waals surface area contributed by atoms with Gasteiger partial charge in [-0.1, -0.05) is 18.2 Å². The first-order valence-electron chi connectivity index (χ1n) is 7.96. The van der Waals surface area contributed by atoms with E-state index >= 15 is 0 Å². The number of benzene rings is 1. The van der Waals surface area contributed by atoms with Crippen molar-refractivity contribution in [1.82, 2.24) is 4.98 Å². The zero-order valence-electron chi connectivity index (χ0n) is 13.6. The fourth-order valence-electron chi connectivity index (χ4n) is 2.81. The molecule has 4 nitrogen and oxygen atoms in total. The maximum atomic E-state index is 13.9. The molecule has 1 aliphatic heterocycles. The normalized spacial score (nSPS) is 16.2. The van der Waals surface area contributed by atoms with Crippen LogP contribution in [-0.4, -0.2) is 31.3 Å². The quantitative estimate of drug-likeness (QED) is 0.936. The Kier molecular flexibility index (Phi) is 4.76. The fraction of sp³-hybridized carbons (Fsp3) is 0.389. The molecule has 1 fully saturated rings. The zero-order chi connectivity index (χ0) is 16.2. The predicted molar refractivity (Wildman–Crippen MR) is 90.4 cm³/mol. The van der Waals surface area contributed by atoms with Gasteiger partial charge >= 0.3 is 0 Å². The second-order valence-electron chi connectivity index (χ2n) is 5.79. The van der Waals surface area contributed by atoms with Crippen molar-refractivity contribution in [3.05, 3.63) is 53.5 Å². The van der Waals surface area contributed by atoms with Gasteiger partial charge in [-0.05, 0) is 32.0 Å². The summed E-state index contributed by atoms with van der Waals surface area (Å²) in [5.74, 6) is 0.776. The molecular weight excluding hydrogens is 293 g/mol. The third-order valence-corrected chi connectivity index (χ3v) is 4.15. The van der Waals surface area contributed by atoms with Crippen molar-refractivity contribution >= 4 is 11.5 Å². The molecule has 0 amide bonds. The van der Waals surface area contributed by atoms with Crippen molar-refractivity contribution in [3.8, 4) is 0 Å². The number of ether oxygens (including phenoxy) is 1. The molecule has 1 aliphatic rings. The molecule has 1 atom stereocenters. The summed E-state index contributed by atoms with van der Waals surface area (Å²) in [5.41, 5.74) is 2.50. The van der Waals surface area contributed by atoms with Crippen molar-refractivity contribution in [2.75, 3.05) is 36.5 Å². The number of morpholine rings is 1. The average molecular weight is 315 g/mol. The minimum absolute atomic E-state index is 0.120. The van der Waals surface area contributed by atoms with Crippen molar-refractivity contribution in [2.24, 2.45) is 0 Å². The summed E-state index contributed by atoms with van der Waals surface area (Å²) in [6.07, 6.45) is 0. The highest BCUT2D eigenvalue weighted by atomic mass is 19.1. The van der Waals surface area contributed by atoms with Gasteiger partial charge in [-0.25, -0.2) is 9.37 Å². The van der Waals surface area contributed by atoms with Crippen LogP contribution in [0, 0.1) is 12.7 Å². The van der Waals surface area contributed by atoms with Crippen LogP contribution < -0.4 is 10.2 Å². The Morgan fingerprint density at radius 2 is 1.91 bits per heavy atom. The van der Waals surface area contributed by atoms with Crippen LogP contribution >= 0.6 is 0 Å². The van der Waals surface area contributed by atoms with Crippen LogP contribution in [0.1, 0.15) is 24.2 Å². The highest BCUT2D eigenvalue weighted by Crippen LogP contribution is 2.25. The van der Waals surface area contributed by atoms with Crippen molar-refractivity contribution in [3.63, 3.8) is 0 Å². The molecule has 0 saturated carbocycles. The van der Waals surface area contributed by atoms with E-state index in [-0.39, 0.29) is 11.9 Å². The first-order valence-corrected chi connectivity index (χ1v) is 7.96. The van der Waals surface area contributed by atoms with Gasteiger partial charge in [0.1, 0.15) is 11.6 Å². The number of aryl methyl sites for hydroxylation is 1. The molecule has 1 unspecified atom stereocenters. The van der Waals surface area contributed by atoms with Gasteiger partial charge in [0, 0.05) is 18.7 Å². The van der Waals surface area contributed by atoms with Crippen LogP contribution in [0.15, 0.2) is 36.4 Å². The van der Waals surface area contributed by atoms with E-state index in [1.54, 1.807) is 12.1 Å². The number of pyridine rings is 1. The van der Waals surface area contributed by atoms with Gasteiger partial charge in [0.25, 0.3) is 0 Å². The van der Waals surface area contributed by atoms with E-state index in [1.807, 2.05) is 32.0 Å². The largest absolute Gasteiger partial charge is 0.378 e. The van der Waals surface area contributed by atoms with Crippen LogP contribution in [0.3, 0.4) is 0 Å². The standard InChI is InChI=1S/C18H22FN3O/c1-13(15-5-3-4-6-16(15)19)20-17-7-8-18(21-14(17)2)22-9-11-23-12-10-22/h3-8,13,20H,9-12H2,1-2H3. The summed E-state index contributed by atoms with van der Waals surface area (Å²) < 4.78 is 19.2. The van der Waals surface area contributed by atoms with Gasteiger partial charge < -0.3 is 15.0 Å². The van der Waals surface area contributed by atoms with Gasteiger partial charge in [-0.2, -0.15) is 0 Å². The Labute approximate surface area is 136 Å². The van der Waals surface area contributed by atoms with E-state index in [4.69, 9.17) is 4.74 Å². The number of nitrogens with zero attached hydrogens (tertiary/aromatic N) is 2. The van der Waals surface area contributed by atoms with Crippen LogP contribution in [0.2, 0.25) is 0 Å². The molecule has 1 aromatic heterocycles. The van der Waals surface area contributed by atoms with Crippen LogP contribution in [0.5, 0.6) is 0 Å². The Morgan fingerprint density at radius 1 is 1.17 bits per heavy atom. The topological polar surface area (TPSA) is 37.4 Å². The maximum absolute atomic E-state index is 13.9. The van der Waals surface area contributed by atoms with Gasteiger partial charge in [-0.15, -0.1) is 0 Å². The highest BCUT2D eigenvalue weighted by molar-refractivity contribution is 5.54. The molecule has 5 heteroatoms. The summed E-state index contributed by atoms with van der Waals surface area (Å²) in [4.78, 5) is 6.90. The Hall–Kier alpha value is -2.14. The molecule has 1 aromatic carbocycles. The average Bonchev–Trinajstić information content (AvgIpc) is 2.58. The lowest BCUT2D eigenvalue weighted by atomic mass is 10.1. The molecule has 23 heavy (non-hydrogen) atoms. The second kappa shape index (κ2) is 6.96. The van der Waals surface area contributed by atoms with Gasteiger partial charge in [-0.3, -0.25) is 0 Å². The molecule has 3 rings (SSSR count). The molecule has 0 bridgehead atoms. The molecule has 122 valence electrons. The van der Waals surface area contributed by atoms with Crippen LogP contribution in [-0.2, 0) is 4.74 Å². The molecule has 1 saturated heterocycles. The summed E-state index contributed by atoms with van der Waals surface area (Å²) in [6, 6.07) is 10.8.